The lowest BCUT2D eigenvalue weighted by Crippen LogP contribution is -2.31. The molecule has 0 saturated heterocycles. The van der Waals surface area contributed by atoms with Crippen molar-refractivity contribution in [2.75, 3.05) is 0 Å². The van der Waals surface area contributed by atoms with Crippen LogP contribution in [0, 0.1) is 5.92 Å². The molecular formula is C90H80N2+2. The van der Waals surface area contributed by atoms with E-state index in [1.54, 1.807) is 0 Å². The van der Waals surface area contributed by atoms with Gasteiger partial charge in [0.05, 0.1) is 21.9 Å². The molecule has 0 bridgehead atoms. The highest BCUT2D eigenvalue weighted by Crippen LogP contribution is 2.45. The molecule has 2 nitrogen and oxygen atoms in total. The zero-order valence-electron chi connectivity index (χ0n) is 53.7. The Hall–Kier alpha value is -10.3. The molecule has 0 aliphatic heterocycles. The molecule has 2 heterocycles. The van der Waals surface area contributed by atoms with Crippen molar-refractivity contribution in [2.24, 2.45) is 20.0 Å². The molecular weight excluding hydrogens is 1110 g/mol. The molecule has 0 spiro atoms. The van der Waals surface area contributed by atoms with Gasteiger partial charge in [0, 0.05) is 18.1 Å². The van der Waals surface area contributed by atoms with E-state index in [1.165, 1.54) is 157 Å². The third-order valence-corrected chi connectivity index (χ3v) is 19.7. The molecule has 0 saturated carbocycles. The molecule has 3 unspecified atom stereocenters. The van der Waals surface area contributed by atoms with E-state index in [-0.39, 0.29) is 11.8 Å². The van der Waals surface area contributed by atoms with Gasteiger partial charge < -0.3 is 0 Å². The van der Waals surface area contributed by atoms with Crippen LogP contribution in [0.3, 0.4) is 0 Å². The number of rotatable bonds is 18. The minimum absolute atomic E-state index is 0.208. The average Bonchev–Trinajstić information content (AvgIpc) is 0.799. The number of fused-ring (bicyclic) bond motifs is 2. The number of unbranched alkanes of at least 4 members (excludes halogenated alkanes) is 1. The molecule has 1 aliphatic carbocycles. The number of allylic oxidation sites excluding steroid dienone is 4. The van der Waals surface area contributed by atoms with Crippen LogP contribution in [0.2, 0.25) is 0 Å². The summed E-state index contributed by atoms with van der Waals surface area (Å²) < 4.78 is 4.71. The summed E-state index contributed by atoms with van der Waals surface area (Å²) in [7, 11) is 4.45. The maximum atomic E-state index is 2.52. The lowest BCUT2D eigenvalue weighted by Gasteiger charge is -2.27. The van der Waals surface area contributed by atoms with Crippen LogP contribution in [0.4, 0.5) is 0 Å². The Morgan fingerprint density at radius 3 is 1.59 bits per heavy atom. The quantitative estimate of drug-likeness (QED) is 0.0757. The standard InChI is InChI=1S/C90H80N2/c1-6-8-27-67-37-26-43-85-82(67)47-49-92(5)90(85)86-42-24-23-41-84(86)87(62(3)7-2)61-72-45-44-71(60-88(72)89-83-40-22-21-36-68(83)46-48-91(89)4)69-38-25-39-70(50-69)77-57-80(78-53-73(63-28-13-9-14-29-63)51-74(54-78)64-30-15-10-16-31-64)59-81(58-77)79-55-75(65-32-17-11-18-33-65)52-76(56-79)66-34-19-12-20-35-66/h9-26,28-51,53-60,62,75,87H,6-8,27,52,61H2,1-5H3/q+2. The summed E-state index contributed by atoms with van der Waals surface area (Å²) in [6, 6.07) is 105. The lowest BCUT2D eigenvalue weighted by atomic mass is 9.77. The fourth-order valence-corrected chi connectivity index (χ4v) is 14.5. The van der Waals surface area contributed by atoms with Crippen LogP contribution in [0.1, 0.15) is 91.7 Å². The van der Waals surface area contributed by atoms with E-state index in [9.17, 15) is 0 Å². The second-order valence-electron chi connectivity index (χ2n) is 25.6. The molecule has 11 aromatic carbocycles. The summed E-state index contributed by atoms with van der Waals surface area (Å²) in [5.41, 5.74) is 27.5. The maximum absolute atomic E-state index is 2.52. The molecule has 92 heavy (non-hydrogen) atoms. The van der Waals surface area contributed by atoms with E-state index < -0.39 is 0 Å². The number of aromatic nitrogens is 2. The number of aryl methyl sites for hydroxylation is 3. The summed E-state index contributed by atoms with van der Waals surface area (Å²) in [5.74, 6) is 0.852. The van der Waals surface area contributed by atoms with Crippen molar-refractivity contribution in [1.82, 2.24) is 0 Å². The Balaban J connectivity index is 0.928. The predicted octanol–water partition coefficient (Wildman–Crippen LogP) is 22.7. The lowest BCUT2D eigenvalue weighted by molar-refractivity contribution is -0.659. The Kier molecular flexibility index (Phi) is 17.2. The van der Waals surface area contributed by atoms with Crippen molar-refractivity contribution in [3.8, 4) is 78.1 Å². The normalized spacial score (nSPS) is 13.8. The third kappa shape index (κ3) is 12.3. The summed E-state index contributed by atoms with van der Waals surface area (Å²) in [6.45, 7) is 7.13. The third-order valence-electron chi connectivity index (χ3n) is 19.7. The SMILES string of the molecule is CCCCc1cccc2c(-c3ccccc3C(Cc3ccc(-c4cccc(-c5cc(C6=CC(c7ccccc7)CC(c7ccccc7)=C6)cc(-c6cc(-c7ccccc7)cc(-c7ccccc7)c6)c5)c4)cc3-c3c4ccccc4cc[n+]3C)C(C)CC)[n+](C)ccc12. The summed E-state index contributed by atoms with van der Waals surface area (Å²) in [5, 5.41) is 5.17. The van der Waals surface area contributed by atoms with Gasteiger partial charge in [0.2, 0.25) is 11.4 Å². The number of pyridine rings is 2. The van der Waals surface area contributed by atoms with Gasteiger partial charge in [-0.25, -0.2) is 9.13 Å². The van der Waals surface area contributed by atoms with Gasteiger partial charge in [0.25, 0.3) is 0 Å². The molecule has 13 aromatic rings. The fraction of sp³-hybridized carbons (Fsp3) is 0.156. The van der Waals surface area contributed by atoms with Gasteiger partial charge in [-0.2, -0.15) is 0 Å². The highest BCUT2D eigenvalue weighted by Gasteiger charge is 2.30. The minimum atomic E-state index is 0.208. The second kappa shape index (κ2) is 26.7. The second-order valence-corrected chi connectivity index (χ2v) is 25.6. The van der Waals surface area contributed by atoms with Gasteiger partial charge in [0.15, 0.2) is 12.4 Å². The Morgan fingerprint density at radius 2 is 0.913 bits per heavy atom. The van der Waals surface area contributed by atoms with Crippen LogP contribution in [0.5, 0.6) is 0 Å². The van der Waals surface area contributed by atoms with Gasteiger partial charge in [-0.1, -0.05) is 246 Å². The summed E-state index contributed by atoms with van der Waals surface area (Å²) >= 11 is 0. The molecule has 0 radical (unpaired) electrons. The van der Waals surface area contributed by atoms with Crippen molar-refractivity contribution in [3.63, 3.8) is 0 Å². The largest absolute Gasteiger partial charge is 0.220 e. The molecule has 0 fully saturated rings. The topological polar surface area (TPSA) is 7.76 Å². The van der Waals surface area contributed by atoms with Crippen molar-refractivity contribution >= 4 is 32.7 Å². The van der Waals surface area contributed by atoms with Crippen molar-refractivity contribution in [2.45, 2.75) is 71.1 Å². The molecule has 0 N–H and O–H groups in total. The van der Waals surface area contributed by atoms with Gasteiger partial charge in [0.1, 0.15) is 14.1 Å². The molecule has 0 amide bonds. The number of hydrogen-bond acceptors (Lipinski definition) is 0. The molecule has 448 valence electrons. The Labute approximate surface area is 544 Å². The van der Waals surface area contributed by atoms with Crippen LogP contribution in [0.15, 0.2) is 304 Å². The van der Waals surface area contributed by atoms with Gasteiger partial charge in [-0.05, 0) is 215 Å². The first-order valence-corrected chi connectivity index (χ1v) is 33.3. The Morgan fingerprint density at radius 1 is 0.402 bits per heavy atom. The smallest absolute Gasteiger partial charge is 0.200 e. The first-order valence-electron chi connectivity index (χ1n) is 33.3. The van der Waals surface area contributed by atoms with E-state index in [0.29, 0.717) is 5.92 Å². The van der Waals surface area contributed by atoms with E-state index in [1.807, 2.05) is 0 Å². The Bertz CT molecular complexity index is 4800. The monoisotopic (exact) mass is 1190 g/mol. The van der Waals surface area contributed by atoms with Crippen LogP contribution in [-0.2, 0) is 26.9 Å². The highest BCUT2D eigenvalue weighted by atomic mass is 14.9. The van der Waals surface area contributed by atoms with Crippen molar-refractivity contribution < 1.29 is 9.13 Å². The first kappa shape index (κ1) is 59.3. The zero-order chi connectivity index (χ0) is 62.5. The molecule has 3 atom stereocenters. The van der Waals surface area contributed by atoms with Crippen molar-refractivity contribution in [3.05, 3.63) is 337 Å². The van der Waals surface area contributed by atoms with E-state index in [2.05, 4.69) is 348 Å². The molecule has 2 heteroatoms. The summed E-state index contributed by atoms with van der Waals surface area (Å²) in [6.07, 6.45) is 15.8. The number of nitrogens with zero attached hydrogens (tertiary/aromatic N) is 2. The summed E-state index contributed by atoms with van der Waals surface area (Å²) in [4.78, 5) is 0. The predicted molar refractivity (Wildman–Crippen MR) is 389 cm³/mol. The molecule has 14 rings (SSSR count). The van der Waals surface area contributed by atoms with Crippen LogP contribution in [0.25, 0.3) is 111 Å². The molecule has 2 aromatic heterocycles. The van der Waals surface area contributed by atoms with Gasteiger partial charge >= 0.3 is 0 Å². The maximum Gasteiger partial charge on any atom is 0.220 e. The van der Waals surface area contributed by atoms with E-state index in [0.717, 1.165) is 25.7 Å². The number of benzene rings is 11. The van der Waals surface area contributed by atoms with Gasteiger partial charge in [-0.3, -0.25) is 0 Å². The van der Waals surface area contributed by atoms with Crippen LogP contribution in [-0.4, -0.2) is 0 Å². The molecule has 1 aliphatic rings. The zero-order valence-corrected chi connectivity index (χ0v) is 53.7. The minimum Gasteiger partial charge on any atom is -0.200 e. The first-order chi connectivity index (χ1) is 45.2. The van der Waals surface area contributed by atoms with Crippen LogP contribution >= 0.6 is 0 Å². The van der Waals surface area contributed by atoms with Crippen molar-refractivity contribution in [1.29, 1.82) is 0 Å². The fourth-order valence-electron chi connectivity index (χ4n) is 14.5. The van der Waals surface area contributed by atoms with Crippen LogP contribution < -0.4 is 9.13 Å². The van der Waals surface area contributed by atoms with E-state index >= 15 is 0 Å². The number of hydrogen-bond donors (Lipinski definition) is 0. The average molecular weight is 1190 g/mol. The highest BCUT2D eigenvalue weighted by molar-refractivity contribution is 5.97. The van der Waals surface area contributed by atoms with Gasteiger partial charge in [-0.15, -0.1) is 0 Å². The van der Waals surface area contributed by atoms with E-state index in [4.69, 9.17) is 0 Å².